The van der Waals surface area contributed by atoms with Gasteiger partial charge in [0.1, 0.15) is 5.75 Å². The van der Waals surface area contributed by atoms with E-state index in [1.165, 1.54) is 18.2 Å². The number of carbonyl (C=O) groups is 2. The van der Waals surface area contributed by atoms with E-state index >= 15 is 0 Å². The highest BCUT2D eigenvalue weighted by molar-refractivity contribution is 6.42. The molecule has 29 heavy (non-hydrogen) atoms. The van der Waals surface area contributed by atoms with Gasteiger partial charge in [0.25, 0.3) is 5.91 Å². The van der Waals surface area contributed by atoms with E-state index in [1.807, 2.05) is 26.0 Å². The maximum absolute atomic E-state index is 11.9. The van der Waals surface area contributed by atoms with Gasteiger partial charge in [0.15, 0.2) is 6.61 Å². The summed E-state index contributed by atoms with van der Waals surface area (Å²) < 4.78 is 10.7. The Bertz CT molecular complexity index is 887. The van der Waals surface area contributed by atoms with E-state index in [4.69, 9.17) is 38.4 Å². The molecule has 8 heteroatoms. The second kappa shape index (κ2) is 11.0. The quantitative estimate of drug-likeness (QED) is 0.458. The molecular weight excluding hydrogens is 415 g/mol. The molecule has 2 aromatic rings. The molecule has 0 spiro atoms. The number of amides is 1. The topological polar surface area (TPSA) is 90.6 Å². The lowest BCUT2D eigenvalue weighted by atomic mass is 10.0. The molecule has 0 bridgehead atoms. The van der Waals surface area contributed by atoms with Crippen molar-refractivity contribution in [1.82, 2.24) is 5.32 Å². The van der Waals surface area contributed by atoms with Crippen LogP contribution in [0.5, 0.6) is 5.75 Å². The Morgan fingerprint density at radius 1 is 1.10 bits per heavy atom. The fourth-order valence-electron chi connectivity index (χ4n) is 2.71. The van der Waals surface area contributed by atoms with Crippen molar-refractivity contribution in [3.05, 3.63) is 62.6 Å². The molecule has 0 heterocycles. The molecule has 0 aliphatic carbocycles. The molecule has 0 unspecified atom stereocenters. The Morgan fingerprint density at radius 3 is 2.55 bits per heavy atom. The summed E-state index contributed by atoms with van der Waals surface area (Å²) in [6.07, 6.45) is 0.609. The van der Waals surface area contributed by atoms with Gasteiger partial charge in [0.2, 0.25) is 0 Å². The summed E-state index contributed by atoms with van der Waals surface area (Å²) in [4.78, 5) is 23.7. The molecule has 0 atom stereocenters. The van der Waals surface area contributed by atoms with Crippen LogP contribution in [0.15, 0.2) is 30.3 Å². The summed E-state index contributed by atoms with van der Waals surface area (Å²) in [5, 5.41) is 3.26. The van der Waals surface area contributed by atoms with Crippen LogP contribution in [0.25, 0.3) is 0 Å². The van der Waals surface area contributed by atoms with Crippen LogP contribution < -0.4 is 15.8 Å². The van der Waals surface area contributed by atoms with Gasteiger partial charge < -0.3 is 20.5 Å². The van der Waals surface area contributed by atoms with E-state index in [-0.39, 0.29) is 17.2 Å². The lowest BCUT2D eigenvalue weighted by molar-refractivity contribution is -0.124. The number of rotatable bonds is 9. The van der Waals surface area contributed by atoms with E-state index in [0.29, 0.717) is 31.1 Å². The number of aryl methyl sites for hydroxylation is 1. The average Bonchev–Trinajstić information content (AvgIpc) is 2.69. The minimum absolute atomic E-state index is 0.228. The third-order valence-electron chi connectivity index (χ3n) is 4.38. The van der Waals surface area contributed by atoms with Crippen LogP contribution in [0.2, 0.25) is 10.0 Å². The van der Waals surface area contributed by atoms with E-state index in [2.05, 4.69) is 5.32 Å². The molecule has 2 rings (SSSR count). The maximum Gasteiger partial charge on any atom is 0.338 e. The van der Waals surface area contributed by atoms with Crippen molar-refractivity contribution in [2.45, 2.75) is 26.8 Å². The zero-order valence-corrected chi connectivity index (χ0v) is 17.9. The Hall–Kier alpha value is -2.28. The van der Waals surface area contributed by atoms with Crippen molar-refractivity contribution < 1.29 is 19.1 Å². The molecule has 0 saturated heterocycles. The second-order valence-corrected chi connectivity index (χ2v) is 7.26. The lowest BCUT2D eigenvalue weighted by Gasteiger charge is -2.14. The molecule has 156 valence electrons. The smallest absolute Gasteiger partial charge is 0.338 e. The molecule has 0 aliphatic rings. The minimum Gasteiger partial charge on any atom is -0.493 e. The molecular formula is C21H24Cl2N2O4. The number of hydrogen-bond donors (Lipinski definition) is 2. The van der Waals surface area contributed by atoms with Crippen LogP contribution in [0, 0.1) is 13.8 Å². The number of benzene rings is 2. The zero-order chi connectivity index (χ0) is 21.4. The van der Waals surface area contributed by atoms with Crippen LogP contribution in [0.3, 0.4) is 0 Å². The number of ether oxygens (including phenoxy) is 2. The third-order valence-corrected chi connectivity index (χ3v) is 5.12. The van der Waals surface area contributed by atoms with Crippen LogP contribution in [-0.2, 0) is 16.1 Å². The van der Waals surface area contributed by atoms with Gasteiger partial charge in [0, 0.05) is 13.1 Å². The van der Waals surface area contributed by atoms with E-state index in [1.54, 1.807) is 0 Å². The molecule has 0 aliphatic heterocycles. The first kappa shape index (κ1) is 23.0. The molecule has 6 nitrogen and oxygen atoms in total. The molecule has 0 radical (unpaired) electrons. The second-order valence-electron chi connectivity index (χ2n) is 6.45. The van der Waals surface area contributed by atoms with E-state index < -0.39 is 11.9 Å². The summed E-state index contributed by atoms with van der Waals surface area (Å²) in [7, 11) is 0. The summed E-state index contributed by atoms with van der Waals surface area (Å²) >= 11 is 11.7. The first-order valence-electron chi connectivity index (χ1n) is 9.14. The summed E-state index contributed by atoms with van der Waals surface area (Å²) in [5.41, 5.74) is 9.26. The molecule has 2 aromatic carbocycles. The van der Waals surface area contributed by atoms with Gasteiger partial charge in [0.05, 0.1) is 22.2 Å². The Morgan fingerprint density at radius 2 is 1.86 bits per heavy atom. The Labute approximate surface area is 180 Å². The highest BCUT2D eigenvalue weighted by atomic mass is 35.5. The van der Waals surface area contributed by atoms with Crippen LogP contribution in [0.4, 0.5) is 0 Å². The van der Waals surface area contributed by atoms with Crippen LogP contribution >= 0.6 is 23.2 Å². The lowest BCUT2D eigenvalue weighted by Crippen LogP contribution is -2.30. The molecule has 0 fully saturated rings. The Balaban J connectivity index is 1.68. The van der Waals surface area contributed by atoms with Crippen molar-refractivity contribution in [3.63, 3.8) is 0 Å². The van der Waals surface area contributed by atoms with Crippen LogP contribution in [-0.4, -0.2) is 31.6 Å². The Kier molecular flexibility index (Phi) is 8.76. The average molecular weight is 439 g/mol. The number of halogens is 2. The number of esters is 1. The highest BCUT2D eigenvalue weighted by Gasteiger charge is 2.12. The van der Waals surface area contributed by atoms with Crippen molar-refractivity contribution in [2.75, 3.05) is 19.8 Å². The SMILES string of the molecule is Cc1ccc(OCCCNC(=O)COC(=O)c2ccc(Cl)c(Cl)c2)c(C)c1CN. The molecule has 0 saturated carbocycles. The molecule has 0 aromatic heterocycles. The fraction of sp³-hybridized carbons (Fsp3) is 0.333. The van der Waals surface area contributed by atoms with Crippen molar-refractivity contribution in [1.29, 1.82) is 0 Å². The standard InChI is InChI=1S/C21H24Cl2N2O4/c1-13-4-7-19(14(2)16(13)11-24)28-9-3-8-25-20(26)12-29-21(27)15-5-6-17(22)18(23)10-15/h4-7,10H,3,8-9,11-12,24H2,1-2H3,(H,25,26). The van der Waals surface area contributed by atoms with Gasteiger partial charge in [-0.3, -0.25) is 4.79 Å². The number of nitrogens with two attached hydrogens (primary N) is 1. The highest BCUT2D eigenvalue weighted by Crippen LogP contribution is 2.24. The summed E-state index contributed by atoms with van der Waals surface area (Å²) in [6.45, 7) is 4.93. The maximum atomic E-state index is 11.9. The van der Waals surface area contributed by atoms with Crippen molar-refractivity contribution >= 4 is 35.1 Å². The zero-order valence-electron chi connectivity index (χ0n) is 16.4. The molecule has 1 amide bonds. The monoisotopic (exact) mass is 438 g/mol. The summed E-state index contributed by atoms with van der Waals surface area (Å²) in [6, 6.07) is 8.27. The van der Waals surface area contributed by atoms with Gasteiger partial charge in [-0.1, -0.05) is 29.3 Å². The largest absolute Gasteiger partial charge is 0.493 e. The first-order chi connectivity index (χ1) is 13.8. The predicted octanol–water partition coefficient (Wildman–Crippen LogP) is 3.81. The fourth-order valence-corrected chi connectivity index (χ4v) is 3.01. The van der Waals surface area contributed by atoms with E-state index in [0.717, 1.165) is 22.4 Å². The predicted molar refractivity (Wildman–Crippen MR) is 114 cm³/mol. The van der Waals surface area contributed by atoms with Crippen molar-refractivity contribution in [2.24, 2.45) is 5.73 Å². The van der Waals surface area contributed by atoms with Gasteiger partial charge in [-0.25, -0.2) is 4.79 Å². The van der Waals surface area contributed by atoms with Gasteiger partial charge in [-0.05, 0) is 61.2 Å². The first-order valence-corrected chi connectivity index (χ1v) is 9.90. The number of carbonyl (C=O) groups excluding carboxylic acids is 2. The van der Waals surface area contributed by atoms with Crippen molar-refractivity contribution in [3.8, 4) is 5.75 Å². The van der Waals surface area contributed by atoms with Gasteiger partial charge >= 0.3 is 5.97 Å². The summed E-state index contributed by atoms with van der Waals surface area (Å²) in [5.74, 6) is -0.249. The third kappa shape index (κ3) is 6.63. The van der Waals surface area contributed by atoms with Gasteiger partial charge in [-0.2, -0.15) is 0 Å². The minimum atomic E-state index is -0.646. The number of hydrogen-bond acceptors (Lipinski definition) is 5. The molecule has 3 N–H and O–H groups in total. The van der Waals surface area contributed by atoms with Gasteiger partial charge in [-0.15, -0.1) is 0 Å². The van der Waals surface area contributed by atoms with E-state index in [9.17, 15) is 9.59 Å². The number of nitrogens with one attached hydrogen (secondary N) is 1. The van der Waals surface area contributed by atoms with Crippen LogP contribution in [0.1, 0.15) is 33.5 Å². The normalized spacial score (nSPS) is 10.5.